The van der Waals surface area contributed by atoms with Crippen LogP contribution in [0.25, 0.3) is 0 Å². The van der Waals surface area contributed by atoms with Crippen LogP contribution >= 0.6 is 0 Å². The molecule has 6 heteroatoms. The van der Waals surface area contributed by atoms with E-state index in [2.05, 4.69) is 0 Å². The van der Waals surface area contributed by atoms with Gasteiger partial charge in [-0.2, -0.15) is 0 Å². The van der Waals surface area contributed by atoms with E-state index in [9.17, 15) is 9.59 Å². The summed E-state index contributed by atoms with van der Waals surface area (Å²) in [5.41, 5.74) is 6.28. The Morgan fingerprint density at radius 2 is 2.10 bits per heavy atom. The minimum Gasteiger partial charge on any atom is -0.494 e. The van der Waals surface area contributed by atoms with E-state index in [1.165, 1.54) is 7.11 Å². The van der Waals surface area contributed by atoms with Crippen LogP contribution in [-0.2, 0) is 9.53 Å². The Balaban J connectivity index is 1.98. The van der Waals surface area contributed by atoms with Gasteiger partial charge >= 0.3 is 5.97 Å². The van der Waals surface area contributed by atoms with Crippen molar-refractivity contribution in [2.75, 3.05) is 26.5 Å². The third-order valence-electron chi connectivity index (χ3n) is 3.28. The SMILES string of the molecule is COc1c(N)cccc1C(=O)OCC(=O)N(C)C1CC1. The average Bonchev–Trinajstić information content (AvgIpc) is 3.27. The van der Waals surface area contributed by atoms with Crippen LogP contribution < -0.4 is 10.5 Å². The molecule has 0 spiro atoms. The van der Waals surface area contributed by atoms with E-state index in [1.54, 1.807) is 30.1 Å². The molecular formula is C14H18N2O4. The molecule has 0 radical (unpaired) electrons. The highest BCUT2D eigenvalue weighted by atomic mass is 16.5. The average molecular weight is 278 g/mol. The van der Waals surface area contributed by atoms with Gasteiger partial charge in [-0.3, -0.25) is 4.79 Å². The van der Waals surface area contributed by atoms with Crippen molar-refractivity contribution in [3.63, 3.8) is 0 Å². The van der Waals surface area contributed by atoms with Gasteiger partial charge in [-0.05, 0) is 25.0 Å². The van der Waals surface area contributed by atoms with Crippen molar-refractivity contribution in [3.05, 3.63) is 23.8 Å². The van der Waals surface area contributed by atoms with E-state index >= 15 is 0 Å². The van der Waals surface area contributed by atoms with Crippen molar-refractivity contribution in [1.29, 1.82) is 0 Å². The van der Waals surface area contributed by atoms with Crippen LogP contribution in [0.1, 0.15) is 23.2 Å². The van der Waals surface area contributed by atoms with E-state index < -0.39 is 5.97 Å². The molecule has 1 aromatic rings. The van der Waals surface area contributed by atoms with Crippen LogP contribution in [0.2, 0.25) is 0 Å². The third-order valence-corrected chi connectivity index (χ3v) is 3.28. The second kappa shape index (κ2) is 5.81. The van der Waals surface area contributed by atoms with Crippen molar-refractivity contribution in [2.45, 2.75) is 18.9 Å². The smallest absolute Gasteiger partial charge is 0.342 e. The zero-order valence-corrected chi connectivity index (χ0v) is 11.6. The van der Waals surface area contributed by atoms with E-state index in [1.807, 2.05) is 0 Å². The number of nitrogen functional groups attached to an aromatic ring is 1. The largest absolute Gasteiger partial charge is 0.494 e. The number of nitrogens with zero attached hydrogens (tertiary/aromatic N) is 1. The molecule has 2 N–H and O–H groups in total. The number of esters is 1. The molecule has 1 saturated carbocycles. The Labute approximate surface area is 117 Å². The predicted molar refractivity (Wildman–Crippen MR) is 73.5 cm³/mol. The van der Waals surface area contributed by atoms with Gasteiger partial charge in [0.25, 0.3) is 5.91 Å². The predicted octanol–water partition coefficient (Wildman–Crippen LogP) is 1.05. The molecule has 0 bridgehead atoms. The van der Waals surface area contributed by atoms with Gasteiger partial charge in [0.05, 0.1) is 12.8 Å². The number of anilines is 1. The second-order valence-corrected chi connectivity index (χ2v) is 4.74. The molecule has 0 heterocycles. The summed E-state index contributed by atoms with van der Waals surface area (Å²) >= 11 is 0. The molecule has 1 fully saturated rings. The first-order valence-electron chi connectivity index (χ1n) is 6.40. The maximum atomic E-state index is 12.0. The molecule has 20 heavy (non-hydrogen) atoms. The van der Waals surface area contributed by atoms with Gasteiger partial charge in [0.2, 0.25) is 0 Å². The van der Waals surface area contributed by atoms with Crippen LogP contribution in [0.5, 0.6) is 5.75 Å². The van der Waals surface area contributed by atoms with Gasteiger partial charge in [-0.25, -0.2) is 4.79 Å². The van der Waals surface area contributed by atoms with E-state index in [4.69, 9.17) is 15.2 Å². The summed E-state index contributed by atoms with van der Waals surface area (Å²) in [6.07, 6.45) is 2.03. The Hall–Kier alpha value is -2.24. The zero-order valence-electron chi connectivity index (χ0n) is 11.6. The number of ether oxygens (including phenoxy) is 2. The minimum atomic E-state index is -0.619. The summed E-state index contributed by atoms with van der Waals surface area (Å²) < 4.78 is 10.1. The van der Waals surface area contributed by atoms with Crippen molar-refractivity contribution in [3.8, 4) is 5.75 Å². The molecule has 1 aliphatic rings. The minimum absolute atomic E-state index is 0.205. The van der Waals surface area contributed by atoms with Crippen molar-refractivity contribution in [1.82, 2.24) is 4.90 Å². The fourth-order valence-corrected chi connectivity index (χ4v) is 1.92. The van der Waals surface area contributed by atoms with Crippen molar-refractivity contribution >= 4 is 17.6 Å². The summed E-state index contributed by atoms with van der Waals surface area (Å²) in [6, 6.07) is 5.10. The molecule has 0 aliphatic heterocycles. The highest BCUT2D eigenvalue weighted by Crippen LogP contribution is 2.27. The van der Waals surface area contributed by atoms with Gasteiger partial charge in [0.15, 0.2) is 12.4 Å². The number of carbonyl (C=O) groups is 2. The molecule has 108 valence electrons. The lowest BCUT2D eigenvalue weighted by Crippen LogP contribution is -2.32. The molecule has 2 rings (SSSR count). The number of nitrogens with two attached hydrogens (primary N) is 1. The quantitative estimate of drug-likeness (QED) is 0.643. The summed E-state index contributed by atoms with van der Waals surface area (Å²) in [5.74, 6) is -0.559. The number of amides is 1. The fourth-order valence-electron chi connectivity index (χ4n) is 1.92. The van der Waals surface area contributed by atoms with Gasteiger partial charge in [-0.15, -0.1) is 0 Å². The zero-order chi connectivity index (χ0) is 14.7. The summed E-state index contributed by atoms with van der Waals surface area (Å²) in [5, 5.41) is 0. The van der Waals surface area contributed by atoms with Crippen LogP contribution in [0.15, 0.2) is 18.2 Å². The second-order valence-electron chi connectivity index (χ2n) is 4.74. The molecule has 0 atom stereocenters. The number of methoxy groups -OCH3 is 1. The first kappa shape index (κ1) is 14.2. The monoisotopic (exact) mass is 278 g/mol. The van der Waals surface area contributed by atoms with Crippen LogP contribution in [0.4, 0.5) is 5.69 Å². The summed E-state index contributed by atoms with van der Waals surface area (Å²) in [6.45, 7) is -0.274. The highest BCUT2D eigenvalue weighted by Gasteiger charge is 2.30. The normalized spacial score (nSPS) is 13.7. The van der Waals surface area contributed by atoms with Crippen LogP contribution in [0.3, 0.4) is 0 Å². The molecule has 1 aromatic carbocycles. The lowest BCUT2D eigenvalue weighted by molar-refractivity contribution is -0.133. The van der Waals surface area contributed by atoms with Gasteiger partial charge in [0, 0.05) is 13.1 Å². The molecule has 1 aliphatic carbocycles. The van der Waals surface area contributed by atoms with Crippen LogP contribution in [0, 0.1) is 0 Å². The molecule has 0 saturated heterocycles. The Morgan fingerprint density at radius 1 is 1.40 bits per heavy atom. The molecule has 6 nitrogen and oxygen atoms in total. The van der Waals surface area contributed by atoms with E-state index in [-0.39, 0.29) is 23.8 Å². The Morgan fingerprint density at radius 3 is 2.70 bits per heavy atom. The lowest BCUT2D eigenvalue weighted by Gasteiger charge is -2.16. The molecule has 1 amide bonds. The number of hydrogen-bond acceptors (Lipinski definition) is 5. The number of hydrogen-bond donors (Lipinski definition) is 1. The van der Waals surface area contributed by atoms with E-state index in [0.29, 0.717) is 11.7 Å². The summed E-state index contributed by atoms with van der Waals surface area (Å²) in [4.78, 5) is 25.3. The van der Waals surface area contributed by atoms with Crippen molar-refractivity contribution < 1.29 is 19.1 Å². The van der Waals surface area contributed by atoms with Gasteiger partial charge in [-0.1, -0.05) is 6.07 Å². The number of carbonyl (C=O) groups excluding carboxylic acids is 2. The van der Waals surface area contributed by atoms with Crippen LogP contribution in [-0.4, -0.2) is 43.6 Å². The number of rotatable bonds is 5. The maximum absolute atomic E-state index is 12.0. The number of likely N-dealkylation sites (N-methyl/N-ethyl adjacent to an activating group) is 1. The Bertz CT molecular complexity index is 526. The molecular weight excluding hydrogens is 260 g/mol. The Kier molecular flexibility index (Phi) is 4.12. The van der Waals surface area contributed by atoms with Gasteiger partial charge in [0.1, 0.15) is 5.56 Å². The first-order chi connectivity index (χ1) is 9.54. The number of benzene rings is 1. The maximum Gasteiger partial charge on any atom is 0.342 e. The topological polar surface area (TPSA) is 81.9 Å². The first-order valence-corrected chi connectivity index (χ1v) is 6.40. The third kappa shape index (κ3) is 3.01. The highest BCUT2D eigenvalue weighted by molar-refractivity contribution is 5.95. The van der Waals surface area contributed by atoms with Crippen molar-refractivity contribution in [2.24, 2.45) is 0 Å². The summed E-state index contributed by atoms with van der Waals surface area (Å²) in [7, 11) is 3.14. The van der Waals surface area contributed by atoms with E-state index in [0.717, 1.165) is 12.8 Å². The number of para-hydroxylation sites is 1. The lowest BCUT2D eigenvalue weighted by atomic mass is 10.2. The molecule has 0 unspecified atom stereocenters. The standard InChI is InChI=1S/C14H18N2O4/c1-16(9-6-7-9)12(17)8-20-14(18)10-4-3-5-11(15)13(10)19-2/h3-5,9H,6-8,15H2,1-2H3. The molecule has 0 aromatic heterocycles. The van der Waals surface area contributed by atoms with Gasteiger partial charge < -0.3 is 20.1 Å². The fraction of sp³-hybridized carbons (Fsp3) is 0.429.